The highest BCUT2D eigenvalue weighted by Crippen LogP contribution is 2.40. The predicted octanol–water partition coefficient (Wildman–Crippen LogP) is 4.28. The third kappa shape index (κ3) is 5.31. The average Bonchev–Trinajstić information content (AvgIpc) is 2.65. The smallest absolute Gasteiger partial charge is 0.169 e. The fourth-order valence-corrected chi connectivity index (χ4v) is 2.48. The van der Waals surface area contributed by atoms with Crippen molar-refractivity contribution in [2.75, 3.05) is 27.2 Å². The van der Waals surface area contributed by atoms with Crippen molar-refractivity contribution in [1.29, 1.82) is 0 Å². The van der Waals surface area contributed by atoms with Gasteiger partial charge < -0.3 is 14.4 Å². The van der Waals surface area contributed by atoms with E-state index in [0.29, 0.717) is 6.61 Å². The van der Waals surface area contributed by atoms with Crippen molar-refractivity contribution in [3.05, 3.63) is 48.5 Å². The molecular weight excluding hydrogens is 297 g/mol. The van der Waals surface area contributed by atoms with Crippen molar-refractivity contribution < 1.29 is 9.47 Å². The maximum absolute atomic E-state index is 6.16. The third-order valence-corrected chi connectivity index (χ3v) is 3.34. The largest absolute Gasteiger partial charge is 0.486 e. The first kappa shape index (κ1) is 20.1. The molecule has 1 atom stereocenters. The van der Waals surface area contributed by atoms with E-state index >= 15 is 0 Å². The van der Waals surface area contributed by atoms with Crippen LogP contribution >= 0.6 is 0 Å². The summed E-state index contributed by atoms with van der Waals surface area (Å²) >= 11 is 0. The summed E-state index contributed by atoms with van der Waals surface area (Å²) in [7, 11) is 8.59. The fourth-order valence-electron chi connectivity index (χ4n) is 2.48. The number of benzene rings is 2. The van der Waals surface area contributed by atoms with Crippen LogP contribution in [0.15, 0.2) is 48.5 Å². The summed E-state index contributed by atoms with van der Waals surface area (Å²) in [4.78, 5) is 2.12. The summed E-state index contributed by atoms with van der Waals surface area (Å²) in [5.41, 5.74) is 2.24. The summed E-state index contributed by atoms with van der Waals surface area (Å²) in [6, 6.07) is 16.3. The maximum atomic E-state index is 6.16. The van der Waals surface area contributed by atoms with Gasteiger partial charge in [0.1, 0.15) is 12.7 Å². The van der Waals surface area contributed by atoms with Gasteiger partial charge in [0.05, 0.1) is 7.85 Å². The Balaban J connectivity index is 0.000000671. The molecule has 1 aliphatic heterocycles. The van der Waals surface area contributed by atoms with E-state index in [9.17, 15) is 0 Å². The van der Waals surface area contributed by atoms with Crippen LogP contribution in [0.5, 0.6) is 11.5 Å². The number of likely N-dealkylation sites (N-methyl/N-ethyl adjacent to an activating group) is 1. The quantitative estimate of drug-likeness (QED) is 0.786. The topological polar surface area (TPSA) is 21.7 Å². The van der Waals surface area contributed by atoms with Crippen molar-refractivity contribution in [2.45, 2.75) is 26.8 Å². The predicted molar refractivity (Wildman–Crippen MR) is 103 cm³/mol. The Morgan fingerprint density at radius 3 is 2.29 bits per heavy atom. The zero-order chi connectivity index (χ0) is 17.9. The monoisotopic (exact) mass is 325 g/mol. The van der Waals surface area contributed by atoms with Crippen LogP contribution in [-0.4, -0.2) is 46.1 Å². The fraction of sp³-hybridized carbons (Fsp3) is 0.400. The van der Waals surface area contributed by atoms with E-state index in [4.69, 9.17) is 9.47 Å². The Hall–Kier alpha value is -1.94. The van der Waals surface area contributed by atoms with E-state index in [0.717, 1.165) is 29.2 Å². The van der Waals surface area contributed by atoms with Crippen LogP contribution in [0.25, 0.3) is 11.1 Å². The first-order valence-electron chi connectivity index (χ1n) is 8.44. The second kappa shape index (κ2) is 10.8. The second-order valence-electron chi connectivity index (χ2n) is 5.31. The first-order valence-corrected chi connectivity index (χ1v) is 8.44. The van der Waals surface area contributed by atoms with Crippen LogP contribution in [0.3, 0.4) is 0 Å². The van der Waals surface area contributed by atoms with E-state index in [1.54, 1.807) is 0 Å². The summed E-state index contributed by atoms with van der Waals surface area (Å²) in [6.45, 7) is 6.95. The van der Waals surface area contributed by atoms with Crippen molar-refractivity contribution in [1.82, 2.24) is 4.90 Å². The molecule has 128 valence electrons. The molecule has 0 unspecified atom stereocenters. The third-order valence-electron chi connectivity index (χ3n) is 3.34. The minimum Gasteiger partial charge on any atom is -0.486 e. The molecule has 0 spiro atoms. The lowest BCUT2D eigenvalue weighted by Crippen LogP contribution is -2.38. The molecule has 2 aromatic rings. The van der Waals surface area contributed by atoms with Crippen LogP contribution in [-0.2, 0) is 0 Å². The van der Waals surface area contributed by atoms with Crippen LogP contribution < -0.4 is 9.47 Å². The summed E-state index contributed by atoms with van der Waals surface area (Å²) in [5.74, 6) is 1.69. The normalized spacial score (nSPS) is 14.8. The molecule has 1 heterocycles. The van der Waals surface area contributed by atoms with Crippen molar-refractivity contribution in [2.24, 2.45) is 0 Å². The van der Waals surface area contributed by atoms with E-state index in [1.807, 2.05) is 58.3 Å². The Morgan fingerprint density at radius 2 is 1.67 bits per heavy atom. The van der Waals surface area contributed by atoms with Gasteiger partial charge in [-0.15, -0.1) is 0 Å². The molecule has 0 N–H and O–H groups in total. The average molecular weight is 325 g/mol. The Kier molecular flexibility index (Phi) is 9.02. The van der Waals surface area contributed by atoms with Crippen LogP contribution in [0.2, 0.25) is 6.82 Å². The highest BCUT2D eigenvalue weighted by molar-refractivity contribution is 6.05. The molecule has 4 heteroatoms. The zero-order valence-electron chi connectivity index (χ0n) is 15.5. The van der Waals surface area contributed by atoms with Gasteiger partial charge in [0.2, 0.25) is 0 Å². The lowest BCUT2D eigenvalue weighted by molar-refractivity contribution is 0.0717. The lowest BCUT2D eigenvalue weighted by atomic mass is 10.0. The minimum atomic E-state index is 0.0716. The van der Waals surface area contributed by atoms with Gasteiger partial charge in [-0.05, 0) is 25.7 Å². The van der Waals surface area contributed by atoms with E-state index in [1.165, 1.54) is 6.82 Å². The molecule has 0 fully saturated rings. The number of rotatable bonds is 3. The number of para-hydroxylation sites is 1. The molecular formula is C20H28BNO2. The molecule has 2 radical (unpaired) electrons. The van der Waals surface area contributed by atoms with Gasteiger partial charge in [-0.1, -0.05) is 63.1 Å². The molecule has 24 heavy (non-hydrogen) atoms. The molecule has 0 saturated carbocycles. The molecule has 0 amide bonds. The molecule has 0 saturated heterocycles. The van der Waals surface area contributed by atoms with Gasteiger partial charge in [0.15, 0.2) is 11.5 Å². The van der Waals surface area contributed by atoms with Gasteiger partial charge in [-0.2, -0.15) is 0 Å². The van der Waals surface area contributed by atoms with E-state index in [-0.39, 0.29) is 6.10 Å². The molecule has 2 aromatic carbocycles. The van der Waals surface area contributed by atoms with Crippen LogP contribution in [0.4, 0.5) is 0 Å². The Morgan fingerprint density at radius 1 is 1.00 bits per heavy atom. The number of nitrogens with zero attached hydrogens (tertiary/aromatic N) is 1. The Labute approximate surface area is 148 Å². The number of hydrogen-bond acceptors (Lipinski definition) is 3. The molecule has 0 bridgehead atoms. The molecule has 0 aromatic heterocycles. The van der Waals surface area contributed by atoms with Gasteiger partial charge in [0.25, 0.3) is 0 Å². The lowest BCUT2D eigenvalue weighted by Gasteiger charge is -2.29. The maximum Gasteiger partial charge on any atom is 0.169 e. The molecule has 0 aliphatic carbocycles. The first-order chi connectivity index (χ1) is 11.7. The van der Waals surface area contributed by atoms with Gasteiger partial charge in [0, 0.05) is 12.1 Å². The molecule has 3 rings (SSSR count). The molecule has 3 nitrogen and oxygen atoms in total. The number of hydrogen-bond donors (Lipinski definition) is 0. The SMILES string of the molecule is CC.CN(C)C[C@H]1COc2cccc(-c3ccccc3)c2O1.[B]C. The van der Waals surface area contributed by atoms with Gasteiger partial charge in [-0.3, -0.25) is 0 Å². The van der Waals surface area contributed by atoms with Crippen molar-refractivity contribution in [3.8, 4) is 22.6 Å². The van der Waals surface area contributed by atoms with Gasteiger partial charge >= 0.3 is 0 Å². The van der Waals surface area contributed by atoms with Crippen LogP contribution in [0.1, 0.15) is 13.8 Å². The summed E-state index contributed by atoms with van der Waals surface area (Å²) in [6.07, 6.45) is 0.0716. The second-order valence-corrected chi connectivity index (χ2v) is 5.31. The van der Waals surface area contributed by atoms with E-state index < -0.39 is 0 Å². The zero-order valence-corrected chi connectivity index (χ0v) is 15.5. The van der Waals surface area contributed by atoms with Crippen LogP contribution in [0, 0.1) is 0 Å². The standard InChI is InChI=1S/C17H19NO2.C2H6.CH3B/c1-18(2)11-14-12-19-16-10-6-9-15(17(16)20-14)13-7-4-3-5-8-13;2*1-2/h3-10,14H,11-12H2,1-2H3;1-2H3;1H3/t14-;;/m0../s1. The van der Waals surface area contributed by atoms with Crippen molar-refractivity contribution in [3.63, 3.8) is 0 Å². The summed E-state index contributed by atoms with van der Waals surface area (Å²) < 4.78 is 12.0. The van der Waals surface area contributed by atoms with Crippen molar-refractivity contribution >= 4 is 7.85 Å². The highest BCUT2D eigenvalue weighted by atomic mass is 16.6. The summed E-state index contributed by atoms with van der Waals surface area (Å²) in [5, 5.41) is 0. The van der Waals surface area contributed by atoms with Gasteiger partial charge in [-0.25, -0.2) is 0 Å². The highest BCUT2D eigenvalue weighted by Gasteiger charge is 2.24. The molecule has 1 aliphatic rings. The minimum absolute atomic E-state index is 0.0716. The Bertz CT molecular complexity index is 587. The number of ether oxygens (including phenoxy) is 2. The number of fused-ring (bicyclic) bond motifs is 1. The van der Waals surface area contributed by atoms with E-state index in [2.05, 4.69) is 30.9 Å².